The second kappa shape index (κ2) is 24.4. The topological polar surface area (TPSA) is 211 Å². The van der Waals surface area contributed by atoms with E-state index in [-0.39, 0.29) is 80.8 Å². The van der Waals surface area contributed by atoms with E-state index in [0.29, 0.717) is 12.8 Å². The number of carbonyl (C=O) groups is 6. The average molecular weight is 993 g/mol. The van der Waals surface area contributed by atoms with Crippen molar-refractivity contribution in [2.45, 2.75) is 155 Å². The number of likely N-dealkylation sites (N-methyl/N-ethyl adjacent to an activating group) is 2. The lowest BCUT2D eigenvalue weighted by Crippen LogP contribution is -2.62. The van der Waals surface area contributed by atoms with Crippen LogP contribution in [0.1, 0.15) is 120 Å². The molecule has 6 amide bonds. The number of amides is 6. The molecule has 0 bridgehead atoms. The number of fused-ring (bicyclic) bond motifs is 2. The van der Waals surface area contributed by atoms with Crippen LogP contribution in [-0.4, -0.2) is 133 Å². The van der Waals surface area contributed by atoms with E-state index in [1.165, 1.54) is 5.56 Å². The maximum atomic E-state index is 15.1. The van der Waals surface area contributed by atoms with Gasteiger partial charge in [-0.05, 0) is 104 Å². The van der Waals surface area contributed by atoms with Crippen molar-refractivity contribution in [2.75, 3.05) is 40.5 Å². The van der Waals surface area contributed by atoms with E-state index in [4.69, 9.17) is 4.74 Å². The van der Waals surface area contributed by atoms with Gasteiger partial charge in [0.15, 0.2) is 0 Å². The van der Waals surface area contributed by atoms with Crippen LogP contribution in [0.2, 0.25) is 0 Å². The van der Waals surface area contributed by atoms with Crippen LogP contribution in [0.3, 0.4) is 0 Å². The predicted octanol–water partition coefficient (Wildman–Crippen LogP) is 3.83. The predicted molar refractivity (Wildman–Crippen MR) is 277 cm³/mol. The van der Waals surface area contributed by atoms with Crippen LogP contribution in [0.5, 0.6) is 0 Å². The molecular weight excluding hydrogens is 913 g/mol. The van der Waals surface area contributed by atoms with Gasteiger partial charge in [0, 0.05) is 25.4 Å². The molecule has 0 saturated carbocycles. The van der Waals surface area contributed by atoms with Crippen molar-refractivity contribution < 1.29 is 38.6 Å². The van der Waals surface area contributed by atoms with E-state index in [0.717, 1.165) is 47.1 Å². The lowest BCUT2D eigenvalue weighted by molar-refractivity contribution is -0.147. The Morgan fingerprint density at radius 1 is 0.722 bits per heavy atom. The third kappa shape index (κ3) is 13.7. The fourth-order valence-electron chi connectivity index (χ4n) is 10.1. The number of rotatable bonds is 19. The average Bonchev–Trinajstić information content (AvgIpc) is 3.81. The minimum Gasteiger partial charge on any atom is -0.394 e. The molecule has 1 fully saturated rings. The summed E-state index contributed by atoms with van der Waals surface area (Å²) in [6, 6.07) is 18.3. The Hall–Kier alpha value is -5.68. The van der Waals surface area contributed by atoms with Gasteiger partial charge in [0.1, 0.15) is 24.2 Å². The molecule has 6 rings (SSSR count). The van der Waals surface area contributed by atoms with Crippen LogP contribution in [0, 0.1) is 10.8 Å². The van der Waals surface area contributed by atoms with Crippen molar-refractivity contribution in [2.24, 2.45) is 10.8 Å². The van der Waals surface area contributed by atoms with Crippen molar-refractivity contribution >= 4 is 35.4 Å². The van der Waals surface area contributed by atoms with Gasteiger partial charge in [-0.1, -0.05) is 114 Å². The number of aryl methyl sites for hydroxylation is 1. The molecule has 1 aliphatic carbocycles. The molecule has 0 spiro atoms. The Labute approximate surface area is 426 Å². The summed E-state index contributed by atoms with van der Waals surface area (Å²) in [5.41, 5.74) is 4.36. The molecule has 6 unspecified atom stereocenters. The van der Waals surface area contributed by atoms with Crippen molar-refractivity contribution in [3.05, 3.63) is 106 Å². The van der Waals surface area contributed by atoms with E-state index in [9.17, 15) is 29.1 Å². The van der Waals surface area contributed by atoms with Crippen LogP contribution < -0.4 is 31.9 Å². The Morgan fingerprint density at radius 3 is 1.94 bits per heavy atom. The number of likely N-dealkylation sites (tertiary alicyclic amines) is 1. The van der Waals surface area contributed by atoms with E-state index < -0.39 is 59.0 Å². The van der Waals surface area contributed by atoms with Crippen LogP contribution >= 0.6 is 0 Å². The largest absolute Gasteiger partial charge is 0.394 e. The van der Waals surface area contributed by atoms with E-state index in [1.54, 1.807) is 37.7 Å². The first-order valence-electron chi connectivity index (χ1n) is 25.7. The standard InChI is InChI=1S/C56H80N8O8/c1-34(57-9)49(66)61-47(55(3,4)5)53(70)63-31-40-28-38(23-24-39(40)29-45(63)51(68)59-42(33-72-26-25-65)27-36-17-12-11-13-18-36)41-30-46(52(69)60-44-22-16-20-37-19-14-15-21-43(37)44)64(32-41)54(71)48(56(6,7)8)62-50(67)35(2)58-10/h11-15,17-19,21,23-24,28,34-35,41-42,44-48,57-58,65H,16,20,22,25-27,29-33H2,1-10H3,(H,59,68)(H,60,69)(H,61,66)(H,62,67)/t34-,35-,41?,42?,44?,45?,46-,47?,48?/m0/s1. The van der Waals surface area contributed by atoms with Crippen LogP contribution in [0.4, 0.5) is 0 Å². The molecule has 2 heterocycles. The number of nitrogens with zero attached hydrogens (tertiary/aromatic N) is 2. The van der Waals surface area contributed by atoms with Crippen LogP contribution in [-0.2, 0) is 59.3 Å². The number of hydrogen-bond acceptors (Lipinski definition) is 10. The summed E-state index contributed by atoms with van der Waals surface area (Å²) in [6.07, 6.45) is 3.57. The zero-order valence-electron chi connectivity index (χ0n) is 44.1. The van der Waals surface area contributed by atoms with Gasteiger partial charge in [-0.3, -0.25) is 28.8 Å². The molecule has 72 heavy (non-hydrogen) atoms. The summed E-state index contributed by atoms with van der Waals surface area (Å²) >= 11 is 0. The number of benzene rings is 3. The molecule has 3 aliphatic rings. The highest BCUT2D eigenvalue weighted by Gasteiger charge is 2.47. The van der Waals surface area contributed by atoms with Crippen molar-refractivity contribution in [3.63, 3.8) is 0 Å². The van der Waals surface area contributed by atoms with Crippen LogP contribution in [0.25, 0.3) is 0 Å². The summed E-state index contributed by atoms with van der Waals surface area (Å²) in [7, 11) is 3.35. The molecule has 7 N–H and O–H groups in total. The number of aliphatic hydroxyl groups excluding tert-OH is 1. The van der Waals surface area contributed by atoms with Gasteiger partial charge in [-0.15, -0.1) is 0 Å². The van der Waals surface area contributed by atoms with Gasteiger partial charge < -0.3 is 51.5 Å². The van der Waals surface area contributed by atoms with Crippen molar-refractivity contribution in [1.29, 1.82) is 0 Å². The molecule has 0 radical (unpaired) electrons. The third-order valence-corrected chi connectivity index (χ3v) is 14.7. The van der Waals surface area contributed by atoms with Gasteiger partial charge in [0.05, 0.1) is 44.0 Å². The minimum absolute atomic E-state index is 0.0522. The summed E-state index contributed by atoms with van der Waals surface area (Å²) < 4.78 is 5.75. The zero-order valence-corrected chi connectivity index (χ0v) is 44.1. The van der Waals surface area contributed by atoms with Crippen LogP contribution in [0.15, 0.2) is 72.8 Å². The Kier molecular flexibility index (Phi) is 18.8. The first-order chi connectivity index (χ1) is 34.1. The van der Waals surface area contributed by atoms with Gasteiger partial charge in [0.25, 0.3) is 0 Å². The third-order valence-electron chi connectivity index (χ3n) is 14.7. The lowest BCUT2D eigenvalue weighted by atomic mass is 9.83. The fourth-order valence-corrected chi connectivity index (χ4v) is 10.1. The quantitative estimate of drug-likeness (QED) is 0.0864. The van der Waals surface area contributed by atoms with Crippen molar-refractivity contribution in [3.8, 4) is 0 Å². The molecule has 16 heteroatoms. The van der Waals surface area contributed by atoms with Gasteiger partial charge in [-0.2, -0.15) is 0 Å². The number of nitrogens with one attached hydrogen (secondary N) is 6. The first kappa shape index (κ1) is 55.6. The van der Waals surface area contributed by atoms with Gasteiger partial charge >= 0.3 is 0 Å². The SMILES string of the molecule is CN[C@@H](C)C(=O)NC(C(=O)N1Cc2cc(C3C[C@@H](C(=O)NC4CCCc5ccccc54)N(C(=O)C(NC(=O)[C@H](C)NC)C(C)(C)C)C3)ccc2CC1C(=O)NC(COCCO)Cc1ccccc1)C(C)(C)C. The fraction of sp³-hybridized carbons (Fsp3) is 0.571. The highest BCUT2D eigenvalue weighted by molar-refractivity contribution is 5.95. The first-order valence-corrected chi connectivity index (χ1v) is 25.7. The Bertz CT molecular complexity index is 2380. The smallest absolute Gasteiger partial charge is 0.246 e. The summed E-state index contributed by atoms with van der Waals surface area (Å²) in [6.45, 7) is 15.1. The second-order valence-electron chi connectivity index (χ2n) is 22.1. The highest BCUT2D eigenvalue weighted by atomic mass is 16.5. The summed E-state index contributed by atoms with van der Waals surface area (Å²) in [5, 5.41) is 27.9. The molecule has 3 aromatic rings. The minimum atomic E-state index is -0.994. The Balaban J connectivity index is 1.35. The molecule has 16 nitrogen and oxygen atoms in total. The van der Waals surface area contributed by atoms with Crippen molar-refractivity contribution in [1.82, 2.24) is 41.7 Å². The number of carbonyl (C=O) groups excluding carboxylic acids is 6. The molecule has 0 aromatic heterocycles. The zero-order chi connectivity index (χ0) is 52.5. The molecule has 2 aliphatic heterocycles. The maximum absolute atomic E-state index is 15.1. The van der Waals surface area contributed by atoms with E-state index >= 15 is 4.79 Å². The number of aliphatic hydroxyl groups is 1. The number of ether oxygens (including phenoxy) is 1. The second-order valence-corrected chi connectivity index (χ2v) is 22.1. The molecular formula is C56H80N8O8. The lowest BCUT2D eigenvalue weighted by Gasteiger charge is -2.41. The Morgan fingerprint density at radius 2 is 1.33 bits per heavy atom. The summed E-state index contributed by atoms with van der Waals surface area (Å²) in [4.78, 5) is 89.6. The van der Waals surface area contributed by atoms with E-state index in [2.05, 4.69) is 44.0 Å². The molecule has 392 valence electrons. The summed E-state index contributed by atoms with van der Waals surface area (Å²) in [5.74, 6) is -2.36. The normalized spacial score (nSPS) is 21.0. The van der Waals surface area contributed by atoms with Gasteiger partial charge in [0.2, 0.25) is 35.4 Å². The molecule has 1 saturated heterocycles. The van der Waals surface area contributed by atoms with Gasteiger partial charge in [-0.25, -0.2) is 0 Å². The highest BCUT2D eigenvalue weighted by Crippen LogP contribution is 2.38. The molecule has 3 aromatic carbocycles. The monoisotopic (exact) mass is 993 g/mol. The maximum Gasteiger partial charge on any atom is 0.246 e. The number of hydrogen-bond donors (Lipinski definition) is 7. The van der Waals surface area contributed by atoms with E-state index in [1.807, 2.05) is 102 Å². The molecule has 9 atom stereocenters.